The normalized spacial score (nSPS) is 27.4. The Labute approximate surface area is 101 Å². The fourth-order valence-electron chi connectivity index (χ4n) is 2.51. The largest absolute Gasteiger partial charge is 0.508 e. The van der Waals surface area contributed by atoms with Crippen LogP contribution >= 0.6 is 0 Å². The van der Waals surface area contributed by atoms with Crippen molar-refractivity contribution in [3.05, 3.63) is 29.8 Å². The molecule has 1 unspecified atom stereocenters. The van der Waals surface area contributed by atoms with Crippen molar-refractivity contribution in [1.29, 1.82) is 0 Å². The van der Waals surface area contributed by atoms with Gasteiger partial charge in [0.15, 0.2) is 5.79 Å². The molecule has 92 valence electrons. The fourth-order valence-corrected chi connectivity index (χ4v) is 2.51. The molecule has 4 heteroatoms. The molecular formula is C13H17NO3. The van der Waals surface area contributed by atoms with Gasteiger partial charge in [0, 0.05) is 25.9 Å². The minimum absolute atomic E-state index is 0.0554. The van der Waals surface area contributed by atoms with Gasteiger partial charge in [0.1, 0.15) is 11.9 Å². The monoisotopic (exact) mass is 235 g/mol. The second-order valence-corrected chi connectivity index (χ2v) is 4.67. The van der Waals surface area contributed by atoms with Crippen molar-refractivity contribution < 1.29 is 14.6 Å². The summed E-state index contributed by atoms with van der Waals surface area (Å²) >= 11 is 0. The molecule has 1 aromatic rings. The van der Waals surface area contributed by atoms with Gasteiger partial charge in [-0.05, 0) is 17.7 Å². The summed E-state index contributed by atoms with van der Waals surface area (Å²) in [7, 11) is 0. The number of phenolic OH excluding ortho intramolecular Hbond substituents is 1. The van der Waals surface area contributed by atoms with Crippen molar-refractivity contribution in [2.45, 2.75) is 24.7 Å². The summed E-state index contributed by atoms with van der Waals surface area (Å²) in [5, 5.41) is 12.8. The number of phenols is 1. The van der Waals surface area contributed by atoms with E-state index < -0.39 is 5.79 Å². The molecule has 1 spiro atoms. The van der Waals surface area contributed by atoms with E-state index in [0.717, 1.165) is 31.5 Å². The van der Waals surface area contributed by atoms with E-state index in [1.54, 1.807) is 12.1 Å². The first-order chi connectivity index (χ1) is 8.27. The molecule has 1 atom stereocenters. The third kappa shape index (κ3) is 2.16. The Morgan fingerprint density at radius 3 is 2.88 bits per heavy atom. The van der Waals surface area contributed by atoms with E-state index in [1.807, 2.05) is 12.1 Å². The summed E-state index contributed by atoms with van der Waals surface area (Å²) in [6.07, 6.45) is 1.73. The predicted molar refractivity (Wildman–Crippen MR) is 62.7 cm³/mol. The lowest BCUT2D eigenvalue weighted by atomic mass is 10.1. The number of hydrogen-bond acceptors (Lipinski definition) is 4. The standard InChI is InChI=1S/C13H17NO3/c15-11-3-1-2-10(8-11)12-9-16-13(17-12)4-6-14-7-5-13/h1-3,8,12,14-15H,4-7,9H2. The Morgan fingerprint density at radius 2 is 2.12 bits per heavy atom. The molecule has 4 nitrogen and oxygen atoms in total. The van der Waals surface area contributed by atoms with Gasteiger partial charge < -0.3 is 19.9 Å². The topological polar surface area (TPSA) is 50.7 Å². The first kappa shape index (κ1) is 11.0. The number of aromatic hydroxyl groups is 1. The maximum Gasteiger partial charge on any atom is 0.171 e. The molecule has 1 aromatic carbocycles. The van der Waals surface area contributed by atoms with Crippen LogP contribution in [0.1, 0.15) is 24.5 Å². The Balaban J connectivity index is 1.75. The number of nitrogens with one attached hydrogen (secondary N) is 1. The van der Waals surface area contributed by atoms with E-state index in [9.17, 15) is 5.11 Å². The van der Waals surface area contributed by atoms with E-state index in [4.69, 9.17) is 9.47 Å². The molecule has 0 aromatic heterocycles. The summed E-state index contributed by atoms with van der Waals surface area (Å²) in [5.41, 5.74) is 0.986. The lowest BCUT2D eigenvalue weighted by Gasteiger charge is -2.32. The zero-order valence-electron chi connectivity index (χ0n) is 9.69. The van der Waals surface area contributed by atoms with Crippen LogP contribution in [-0.2, 0) is 9.47 Å². The number of benzene rings is 1. The van der Waals surface area contributed by atoms with Crippen LogP contribution in [0.25, 0.3) is 0 Å². The Hall–Kier alpha value is -1.10. The van der Waals surface area contributed by atoms with Crippen LogP contribution < -0.4 is 5.32 Å². The second kappa shape index (κ2) is 4.29. The van der Waals surface area contributed by atoms with Gasteiger partial charge in [-0.1, -0.05) is 12.1 Å². The third-order valence-corrected chi connectivity index (χ3v) is 3.46. The predicted octanol–water partition coefficient (Wildman–Crippen LogP) is 1.56. The third-order valence-electron chi connectivity index (χ3n) is 3.46. The molecule has 0 aliphatic carbocycles. The molecular weight excluding hydrogens is 218 g/mol. The van der Waals surface area contributed by atoms with Crippen LogP contribution in [-0.4, -0.2) is 30.6 Å². The first-order valence-electron chi connectivity index (χ1n) is 6.09. The summed E-state index contributed by atoms with van der Waals surface area (Å²) in [5.74, 6) is -0.126. The van der Waals surface area contributed by atoms with Crippen LogP contribution in [0.3, 0.4) is 0 Å². The van der Waals surface area contributed by atoms with Gasteiger partial charge in [-0.15, -0.1) is 0 Å². The van der Waals surface area contributed by atoms with E-state index in [0.29, 0.717) is 6.61 Å². The summed E-state index contributed by atoms with van der Waals surface area (Å²) in [6.45, 7) is 2.45. The zero-order valence-corrected chi connectivity index (χ0v) is 9.69. The zero-order chi connectivity index (χ0) is 11.7. The van der Waals surface area contributed by atoms with Crippen LogP contribution in [0.5, 0.6) is 5.75 Å². The average Bonchev–Trinajstić information content (AvgIpc) is 2.74. The van der Waals surface area contributed by atoms with Crippen molar-refractivity contribution in [2.24, 2.45) is 0 Å². The van der Waals surface area contributed by atoms with E-state index >= 15 is 0 Å². The number of hydrogen-bond donors (Lipinski definition) is 2. The van der Waals surface area contributed by atoms with E-state index in [-0.39, 0.29) is 11.9 Å². The molecule has 2 aliphatic heterocycles. The average molecular weight is 235 g/mol. The molecule has 2 fully saturated rings. The minimum atomic E-state index is -0.401. The molecule has 0 amide bonds. The quantitative estimate of drug-likeness (QED) is 0.775. The molecule has 0 radical (unpaired) electrons. The van der Waals surface area contributed by atoms with Gasteiger partial charge in [-0.2, -0.15) is 0 Å². The number of piperidine rings is 1. The summed E-state index contributed by atoms with van der Waals surface area (Å²) in [4.78, 5) is 0. The maximum atomic E-state index is 9.47. The van der Waals surface area contributed by atoms with Crippen molar-refractivity contribution in [1.82, 2.24) is 5.32 Å². The SMILES string of the molecule is Oc1cccc(C2COC3(CCNCC3)O2)c1. The highest BCUT2D eigenvalue weighted by atomic mass is 16.7. The Bertz CT molecular complexity index is 401. The van der Waals surface area contributed by atoms with Crippen molar-refractivity contribution >= 4 is 0 Å². The van der Waals surface area contributed by atoms with Crippen LogP contribution in [0.15, 0.2) is 24.3 Å². The van der Waals surface area contributed by atoms with Gasteiger partial charge in [0.2, 0.25) is 0 Å². The number of rotatable bonds is 1. The highest BCUT2D eigenvalue weighted by molar-refractivity contribution is 5.29. The number of ether oxygens (including phenoxy) is 2. The molecule has 2 N–H and O–H groups in total. The van der Waals surface area contributed by atoms with E-state index in [2.05, 4.69) is 5.32 Å². The van der Waals surface area contributed by atoms with Gasteiger partial charge in [-0.25, -0.2) is 0 Å². The van der Waals surface area contributed by atoms with Gasteiger partial charge in [-0.3, -0.25) is 0 Å². The molecule has 0 saturated carbocycles. The molecule has 0 bridgehead atoms. The Kier molecular flexibility index (Phi) is 2.78. The summed E-state index contributed by atoms with van der Waals surface area (Å²) in [6, 6.07) is 7.21. The van der Waals surface area contributed by atoms with Crippen LogP contribution in [0.2, 0.25) is 0 Å². The molecule has 2 aliphatic rings. The maximum absolute atomic E-state index is 9.47. The minimum Gasteiger partial charge on any atom is -0.508 e. The van der Waals surface area contributed by atoms with Crippen LogP contribution in [0, 0.1) is 0 Å². The lowest BCUT2D eigenvalue weighted by Crippen LogP contribution is -2.42. The van der Waals surface area contributed by atoms with Crippen molar-refractivity contribution in [3.63, 3.8) is 0 Å². The first-order valence-corrected chi connectivity index (χ1v) is 6.09. The van der Waals surface area contributed by atoms with E-state index in [1.165, 1.54) is 0 Å². The molecule has 17 heavy (non-hydrogen) atoms. The van der Waals surface area contributed by atoms with Gasteiger partial charge >= 0.3 is 0 Å². The molecule has 2 heterocycles. The Morgan fingerprint density at radius 1 is 1.29 bits per heavy atom. The van der Waals surface area contributed by atoms with Crippen molar-refractivity contribution in [3.8, 4) is 5.75 Å². The lowest BCUT2D eigenvalue weighted by molar-refractivity contribution is -0.183. The smallest absolute Gasteiger partial charge is 0.171 e. The fraction of sp³-hybridized carbons (Fsp3) is 0.538. The second-order valence-electron chi connectivity index (χ2n) is 4.67. The summed E-state index contributed by atoms with van der Waals surface area (Å²) < 4.78 is 11.9. The highest BCUT2D eigenvalue weighted by Crippen LogP contribution is 2.39. The van der Waals surface area contributed by atoms with Crippen molar-refractivity contribution in [2.75, 3.05) is 19.7 Å². The van der Waals surface area contributed by atoms with Gasteiger partial charge in [0.25, 0.3) is 0 Å². The van der Waals surface area contributed by atoms with Gasteiger partial charge in [0.05, 0.1) is 6.61 Å². The molecule has 2 saturated heterocycles. The highest BCUT2D eigenvalue weighted by Gasteiger charge is 2.42. The van der Waals surface area contributed by atoms with Crippen LogP contribution in [0.4, 0.5) is 0 Å². The molecule has 3 rings (SSSR count).